The molecule has 2 aliphatic carbocycles. The van der Waals surface area contributed by atoms with Crippen LogP contribution in [0.25, 0.3) is 0 Å². The maximum absolute atomic E-state index is 13.6. The molecule has 37 heavy (non-hydrogen) atoms. The molecule has 4 fully saturated rings. The lowest BCUT2D eigenvalue weighted by Gasteiger charge is -2.30. The Morgan fingerprint density at radius 3 is 2.30 bits per heavy atom. The summed E-state index contributed by atoms with van der Waals surface area (Å²) in [5.74, 6) is -1.85. The SMILES string of the molecule is CC(C)[C@H](NC(=O)N[C@H]1CCCCCCCC2C[C@@]2(C(=O)O)NC(=O)[C@@H]2CCCN2C1=O)C(=O)C1CC1. The molecule has 0 bridgehead atoms. The fourth-order valence-corrected chi connectivity index (χ4v) is 6.01. The highest BCUT2D eigenvalue weighted by atomic mass is 16.4. The number of urea groups is 1. The van der Waals surface area contributed by atoms with Gasteiger partial charge in [0.15, 0.2) is 5.78 Å². The molecule has 2 aliphatic heterocycles. The quantitative estimate of drug-likeness (QED) is 0.425. The minimum absolute atomic E-state index is 0.0109. The zero-order valence-electron chi connectivity index (χ0n) is 22.1. The van der Waals surface area contributed by atoms with Gasteiger partial charge in [0.2, 0.25) is 11.8 Å². The number of carbonyl (C=O) groups is 5. The van der Waals surface area contributed by atoms with Crippen LogP contribution in [-0.4, -0.2) is 69.8 Å². The number of ketones is 1. The van der Waals surface area contributed by atoms with E-state index in [-0.39, 0.29) is 29.4 Å². The predicted molar refractivity (Wildman–Crippen MR) is 135 cm³/mol. The van der Waals surface area contributed by atoms with Gasteiger partial charge in [-0.25, -0.2) is 9.59 Å². The second-order valence-electron chi connectivity index (χ2n) is 11.8. The first-order valence-electron chi connectivity index (χ1n) is 14.1. The summed E-state index contributed by atoms with van der Waals surface area (Å²) in [6.45, 7) is 4.17. The van der Waals surface area contributed by atoms with Gasteiger partial charge >= 0.3 is 12.0 Å². The predicted octanol–water partition coefficient (Wildman–Crippen LogP) is 2.35. The fraction of sp³-hybridized carbons (Fsp3) is 0.815. The average Bonchev–Trinajstić information content (AvgIpc) is 3.76. The Labute approximate surface area is 218 Å². The van der Waals surface area contributed by atoms with E-state index in [2.05, 4.69) is 16.0 Å². The third-order valence-corrected chi connectivity index (χ3v) is 8.56. The van der Waals surface area contributed by atoms with E-state index in [0.29, 0.717) is 32.2 Å². The van der Waals surface area contributed by atoms with E-state index in [0.717, 1.165) is 51.4 Å². The van der Waals surface area contributed by atoms with E-state index in [1.54, 1.807) is 0 Å². The number of hydrogen-bond acceptors (Lipinski definition) is 5. The lowest BCUT2D eigenvalue weighted by molar-refractivity contribution is -0.145. The van der Waals surface area contributed by atoms with Crippen LogP contribution in [0.3, 0.4) is 0 Å². The third-order valence-electron chi connectivity index (χ3n) is 8.56. The Morgan fingerprint density at radius 2 is 1.65 bits per heavy atom. The fourth-order valence-electron chi connectivity index (χ4n) is 6.01. The van der Waals surface area contributed by atoms with E-state index in [9.17, 15) is 29.1 Å². The summed E-state index contributed by atoms with van der Waals surface area (Å²) < 4.78 is 0. The van der Waals surface area contributed by atoms with Gasteiger partial charge in [0.25, 0.3) is 0 Å². The molecular formula is C27H42N4O6. The molecule has 0 aromatic rings. The Kier molecular flexibility index (Phi) is 8.43. The Morgan fingerprint density at radius 1 is 0.973 bits per heavy atom. The first-order chi connectivity index (χ1) is 17.6. The van der Waals surface area contributed by atoms with Crippen molar-refractivity contribution in [1.29, 1.82) is 0 Å². The minimum atomic E-state index is -1.23. The molecule has 0 aromatic carbocycles. The van der Waals surface area contributed by atoms with Crippen molar-refractivity contribution in [3.05, 3.63) is 0 Å². The van der Waals surface area contributed by atoms with E-state index in [1.807, 2.05) is 13.8 Å². The second kappa shape index (κ2) is 11.4. The zero-order chi connectivity index (χ0) is 26.7. The molecule has 0 spiro atoms. The topological polar surface area (TPSA) is 145 Å². The lowest BCUT2D eigenvalue weighted by Crippen LogP contribution is -2.58. The Balaban J connectivity index is 1.47. The molecule has 0 radical (unpaired) electrons. The largest absolute Gasteiger partial charge is 0.479 e. The van der Waals surface area contributed by atoms with Gasteiger partial charge in [-0.3, -0.25) is 14.4 Å². The number of carboxylic acids is 1. The number of carbonyl (C=O) groups excluding carboxylic acids is 4. The third kappa shape index (κ3) is 6.26. The van der Waals surface area contributed by atoms with Crippen LogP contribution in [0.4, 0.5) is 4.79 Å². The van der Waals surface area contributed by atoms with Gasteiger partial charge in [0, 0.05) is 12.5 Å². The normalized spacial score (nSPS) is 31.8. The summed E-state index contributed by atoms with van der Waals surface area (Å²) in [6.07, 6.45) is 8.92. The highest BCUT2D eigenvalue weighted by Gasteiger charge is 2.61. The summed E-state index contributed by atoms with van der Waals surface area (Å²) >= 11 is 0. The summed E-state index contributed by atoms with van der Waals surface area (Å²) in [5, 5.41) is 18.2. The molecule has 206 valence electrons. The highest BCUT2D eigenvalue weighted by Crippen LogP contribution is 2.47. The van der Waals surface area contributed by atoms with Crippen molar-refractivity contribution in [3.8, 4) is 0 Å². The zero-order valence-corrected chi connectivity index (χ0v) is 22.1. The van der Waals surface area contributed by atoms with Gasteiger partial charge in [-0.2, -0.15) is 0 Å². The van der Waals surface area contributed by atoms with Crippen LogP contribution in [-0.2, 0) is 19.2 Å². The smallest absolute Gasteiger partial charge is 0.329 e. The van der Waals surface area contributed by atoms with Crippen molar-refractivity contribution in [3.63, 3.8) is 0 Å². The van der Waals surface area contributed by atoms with Crippen molar-refractivity contribution < 1.29 is 29.1 Å². The van der Waals surface area contributed by atoms with Gasteiger partial charge < -0.3 is 26.0 Å². The number of amides is 4. The second-order valence-corrected chi connectivity index (χ2v) is 11.8. The van der Waals surface area contributed by atoms with E-state index >= 15 is 0 Å². The van der Waals surface area contributed by atoms with Gasteiger partial charge in [-0.05, 0) is 56.8 Å². The van der Waals surface area contributed by atoms with E-state index < -0.39 is 41.6 Å². The van der Waals surface area contributed by atoms with Crippen LogP contribution >= 0.6 is 0 Å². The molecule has 2 saturated carbocycles. The number of rotatable bonds is 6. The molecular weight excluding hydrogens is 476 g/mol. The van der Waals surface area contributed by atoms with Crippen LogP contribution in [0, 0.1) is 17.8 Å². The van der Waals surface area contributed by atoms with Crippen LogP contribution in [0.15, 0.2) is 0 Å². The van der Waals surface area contributed by atoms with Crippen LogP contribution in [0.1, 0.15) is 90.9 Å². The molecule has 2 saturated heterocycles. The van der Waals surface area contributed by atoms with Crippen LogP contribution in [0.2, 0.25) is 0 Å². The Hall–Kier alpha value is -2.65. The molecule has 0 aromatic heterocycles. The first kappa shape index (κ1) is 27.4. The van der Waals surface area contributed by atoms with Crippen molar-refractivity contribution in [2.45, 2.75) is 115 Å². The standard InChI is InChI=1S/C27H42N4O6/c1-16(2)21(22(32)17-12-13-17)29-26(37)28-19-10-7-5-3-4-6-9-18-15-27(18,25(35)36)30-23(33)20-11-8-14-31(20)24(19)34/h16-21H,3-15H2,1-2H3,(H,30,33)(H,35,36)(H2,28,29,37)/t18?,19-,20-,21-,27+/m0/s1. The van der Waals surface area contributed by atoms with Crippen molar-refractivity contribution in [1.82, 2.24) is 20.9 Å². The van der Waals surface area contributed by atoms with E-state index in [4.69, 9.17) is 0 Å². The van der Waals surface area contributed by atoms with Crippen LogP contribution < -0.4 is 16.0 Å². The Bertz CT molecular complexity index is 919. The van der Waals surface area contributed by atoms with Crippen LogP contribution in [0.5, 0.6) is 0 Å². The molecule has 4 amide bonds. The first-order valence-corrected chi connectivity index (χ1v) is 14.1. The van der Waals surface area contributed by atoms with Crippen molar-refractivity contribution in [2.75, 3.05) is 6.54 Å². The van der Waals surface area contributed by atoms with E-state index in [1.165, 1.54) is 4.90 Å². The molecule has 2 heterocycles. The maximum Gasteiger partial charge on any atom is 0.329 e. The van der Waals surface area contributed by atoms with Gasteiger partial charge in [0.05, 0.1) is 6.04 Å². The summed E-state index contributed by atoms with van der Waals surface area (Å²) in [5.41, 5.74) is -1.23. The number of hydrogen-bond donors (Lipinski definition) is 4. The van der Waals surface area contributed by atoms with Crippen molar-refractivity contribution in [2.24, 2.45) is 17.8 Å². The highest BCUT2D eigenvalue weighted by molar-refractivity contribution is 5.96. The summed E-state index contributed by atoms with van der Waals surface area (Å²) in [7, 11) is 0. The number of Topliss-reactive ketones (excluding diaryl/α,β-unsaturated/α-hetero) is 1. The number of fused-ring (bicyclic) bond motifs is 2. The molecule has 1 unspecified atom stereocenters. The molecule has 10 nitrogen and oxygen atoms in total. The summed E-state index contributed by atoms with van der Waals surface area (Å²) in [4.78, 5) is 66.0. The average molecular weight is 519 g/mol. The number of nitrogens with zero attached hydrogens (tertiary/aromatic N) is 1. The van der Waals surface area contributed by atoms with Gasteiger partial charge in [0.1, 0.15) is 17.6 Å². The molecule has 4 aliphatic rings. The van der Waals surface area contributed by atoms with Crippen molar-refractivity contribution >= 4 is 29.6 Å². The minimum Gasteiger partial charge on any atom is -0.479 e. The number of nitrogens with one attached hydrogen (secondary N) is 3. The monoisotopic (exact) mass is 518 g/mol. The molecule has 4 N–H and O–H groups in total. The molecule has 4 rings (SSSR count). The van der Waals surface area contributed by atoms with Gasteiger partial charge in [-0.1, -0.05) is 46.0 Å². The van der Waals surface area contributed by atoms with Gasteiger partial charge in [-0.15, -0.1) is 0 Å². The molecule has 5 atom stereocenters. The maximum atomic E-state index is 13.6. The number of aliphatic carboxylic acids is 1. The molecule has 10 heteroatoms. The number of carboxylic acid groups (broad SMARTS) is 1. The lowest BCUT2D eigenvalue weighted by atomic mass is 9.97. The summed E-state index contributed by atoms with van der Waals surface area (Å²) in [6, 6.07) is -2.71.